The molecule has 0 bridgehead atoms. The van der Waals surface area contributed by atoms with Gasteiger partial charge in [0.15, 0.2) is 5.11 Å². The van der Waals surface area contributed by atoms with Crippen molar-refractivity contribution in [3.63, 3.8) is 0 Å². The number of nitrogens with two attached hydrogens (primary N) is 1. The summed E-state index contributed by atoms with van der Waals surface area (Å²) in [6.45, 7) is 6.08. The first kappa shape index (κ1) is 29.5. The lowest BCUT2D eigenvalue weighted by atomic mass is 10.0. The lowest BCUT2D eigenvalue weighted by molar-refractivity contribution is -0.137. The van der Waals surface area contributed by atoms with Crippen LogP contribution < -0.4 is 15.5 Å². The Hall–Kier alpha value is -3.46. The summed E-state index contributed by atoms with van der Waals surface area (Å²) in [7, 11) is -2.69. The summed E-state index contributed by atoms with van der Waals surface area (Å²) in [5, 5.41) is 0.0631. The van der Waals surface area contributed by atoms with E-state index in [0.717, 1.165) is 22.6 Å². The normalized spacial score (nSPS) is 18.7. The first-order valence-electron chi connectivity index (χ1n) is 12.4. The van der Waals surface area contributed by atoms with Gasteiger partial charge in [0.25, 0.3) is 5.91 Å². The zero-order valence-corrected chi connectivity index (χ0v) is 23.7. The molecule has 4 rings (SSSR count). The van der Waals surface area contributed by atoms with Gasteiger partial charge in [0.2, 0.25) is 0 Å². The maximum absolute atomic E-state index is 13.4. The van der Waals surface area contributed by atoms with E-state index in [9.17, 15) is 27.0 Å². The summed E-state index contributed by atoms with van der Waals surface area (Å²) in [6.07, 6.45) is -3.88. The smallest absolute Gasteiger partial charge is 0.441 e. The van der Waals surface area contributed by atoms with Gasteiger partial charge in [-0.15, -0.1) is 4.36 Å². The van der Waals surface area contributed by atoms with Gasteiger partial charge in [-0.1, -0.05) is 6.07 Å². The van der Waals surface area contributed by atoms with Gasteiger partial charge in [-0.2, -0.15) is 13.2 Å². The number of carbonyl (C=O) groups is 2. The molecule has 0 aliphatic carbocycles. The van der Waals surface area contributed by atoms with Crippen LogP contribution in [0.3, 0.4) is 0 Å². The van der Waals surface area contributed by atoms with Gasteiger partial charge in [-0.25, -0.2) is 14.0 Å². The first-order valence-corrected chi connectivity index (χ1v) is 14.6. The molecule has 2 aliphatic rings. The van der Waals surface area contributed by atoms with Gasteiger partial charge < -0.3 is 20.3 Å². The van der Waals surface area contributed by atoms with E-state index in [4.69, 9.17) is 22.7 Å². The lowest BCUT2D eigenvalue weighted by Crippen LogP contribution is -2.43. The number of aromatic nitrogens is 1. The number of alkyl halides is 3. The van der Waals surface area contributed by atoms with E-state index in [-0.39, 0.29) is 35.5 Å². The third kappa shape index (κ3) is 5.84. The van der Waals surface area contributed by atoms with Crippen molar-refractivity contribution in [3.8, 4) is 0 Å². The number of pyridine rings is 1. The zero-order valence-electron chi connectivity index (χ0n) is 22.1. The maximum Gasteiger partial charge on any atom is 0.441 e. The Morgan fingerprint density at radius 3 is 2.48 bits per heavy atom. The minimum Gasteiger partial charge on any atom is -0.448 e. The molecule has 15 heteroatoms. The van der Waals surface area contributed by atoms with Crippen molar-refractivity contribution >= 4 is 56.3 Å². The van der Waals surface area contributed by atoms with Crippen LogP contribution in [-0.2, 0) is 32.0 Å². The second-order valence-electron chi connectivity index (χ2n) is 9.82. The number of carbonyl (C=O) groups excluding carboxylic acids is 2. The molecular formula is C25H29F3N6O4S2. The Labute approximate surface area is 235 Å². The van der Waals surface area contributed by atoms with Crippen molar-refractivity contribution in [2.24, 2.45) is 4.36 Å². The number of hydrogen-bond acceptors (Lipinski definition) is 8. The van der Waals surface area contributed by atoms with Crippen molar-refractivity contribution in [2.45, 2.75) is 39.0 Å². The average molecular weight is 599 g/mol. The first-order chi connectivity index (χ1) is 18.7. The van der Waals surface area contributed by atoms with Crippen LogP contribution in [0, 0.1) is 0 Å². The molecular weight excluding hydrogens is 569 g/mol. The number of thiocarbonyl (C=S) groups is 1. The molecule has 2 saturated heterocycles. The van der Waals surface area contributed by atoms with E-state index in [1.807, 2.05) is 11.0 Å². The van der Waals surface area contributed by atoms with Crippen LogP contribution in [0.1, 0.15) is 31.9 Å². The highest BCUT2D eigenvalue weighted by molar-refractivity contribution is 7.94. The molecule has 2 N–H and O–H groups in total. The summed E-state index contributed by atoms with van der Waals surface area (Å²) >= 11 is 5.56. The number of benzene rings is 1. The second-order valence-corrected chi connectivity index (χ2v) is 12.7. The highest BCUT2D eigenvalue weighted by Crippen LogP contribution is 2.39. The number of anilines is 3. The number of nitrogen functional groups attached to an aromatic ring is 1. The average Bonchev–Trinajstić information content (AvgIpc) is 3.04. The molecule has 0 spiro atoms. The van der Waals surface area contributed by atoms with Gasteiger partial charge in [-0.05, 0) is 62.8 Å². The van der Waals surface area contributed by atoms with Crippen LogP contribution in [0.4, 0.5) is 35.2 Å². The van der Waals surface area contributed by atoms with Crippen molar-refractivity contribution in [1.82, 2.24) is 9.88 Å². The van der Waals surface area contributed by atoms with Crippen molar-refractivity contribution in [3.05, 3.63) is 47.7 Å². The molecule has 0 atom stereocenters. The number of amides is 2. The SMILES string of the molecule is CCOC(=O)N=S1(=O)CCN(c2ccc(CN3C(=S)N(c4ccc(N)c(C(F)(F)F)c4)C(=O)C3(C)C)cn2)CC1. The van der Waals surface area contributed by atoms with Crippen LogP contribution in [-0.4, -0.2) is 67.9 Å². The van der Waals surface area contributed by atoms with Crippen LogP contribution >= 0.6 is 12.2 Å². The minimum atomic E-state index is -4.69. The molecule has 10 nitrogen and oxygen atoms in total. The Kier molecular flexibility index (Phi) is 8.00. The zero-order chi connectivity index (χ0) is 29.5. The predicted molar refractivity (Wildman–Crippen MR) is 149 cm³/mol. The molecule has 0 unspecified atom stereocenters. The van der Waals surface area contributed by atoms with E-state index in [1.54, 1.807) is 37.9 Å². The van der Waals surface area contributed by atoms with Crippen LogP contribution in [0.25, 0.3) is 0 Å². The fourth-order valence-corrected chi connectivity index (χ4v) is 6.67. The highest BCUT2D eigenvalue weighted by Gasteiger charge is 2.49. The van der Waals surface area contributed by atoms with Crippen LogP contribution in [0.5, 0.6) is 0 Å². The maximum atomic E-state index is 13.4. The highest BCUT2D eigenvalue weighted by atomic mass is 32.2. The van der Waals surface area contributed by atoms with E-state index in [2.05, 4.69) is 9.35 Å². The molecule has 40 heavy (non-hydrogen) atoms. The summed E-state index contributed by atoms with van der Waals surface area (Å²) in [6, 6.07) is 6.87. The summed E-state index contributed by atoms with van der Waals surface area (Å²) in [4.78, 5) is 34.1. The third-order valence-corrected chi connectivity index (χ3v) is 9.29. The van der Waals surface area contributed by atoms with E-state index in [1.165, 1.54) is 6.07 Å². The predicted octanol–water partition coefficient (Wildman–Crippen LogP) is 4.04. The topological polar surface area (TPSA) is 121 Å². The minimum absolute atomic E-state index is 0.0167. The van der Waals surface area contributed by atoms with Crippen molar-refractivity contribution < 1.29 is 31.7 Å². The Morgan fingerprint density at radius 1 is 1.23 bits per heavy atom. The molecule has 2 aromatic rings. The molecule has 216 valence electrons. The van der Waals surface area contributed by atoms with Crippen molar-refractivity contribution in [1.29, 1.82) is 0 Å². The van der Waals surface area contributed by atoms with Gasteiger partial charge in [0, 0.05) is 31.5 Å². The molecule has 2 aliphatic heterocycles. The standard InChI is InChI=1S/C25H29F3N6O4S2/c1-4-38-22(36)31-40(37)11-9-32(10-12-40)20-8-5-16(14-30-20)15-33-23(39)34(21(35)24(33,2)3)17-6-7-19(29)18(13-17)25(26,27)28/h5-8,13-14H,4,9-12,15,29H2,1-3H3. The Balaban J connectivity index is 1.48. The quantitative estimate of drug-likeness (QED) is 0.402. The fourth-order valence-electron chi connectivity index (χ4n) is 4.46. The molecule has 0 radical (unpaired) electrons. The van der Waals surface area contributed by atoms with E-state index in [0.29, 0.717) is 18.9 Å². The van der Waals surface area contributed by atoms with Gasteiger partial charge in [0.1, 0.15) is 11.4 Å². The summed E-state index contributed by atoms with van der Waals surface area (Å²) in [5.41, 5.74) is 3.61. The summed E-state index contributed by atoms with van der Waals surface area (Å²) in [5.74, 6) is 0.573. The van der Waals surface area contributed by atoms with E-state index < -0.39 is 44.7 Å². The number of rotatable bonds is 5. The fraction of sp³-hybridized carbons (Fsp3) is 0.440. The Bertz CT molecular complexity index is 1440. The molecule has 2 fully saturated rings. The molecule has 3 heterocycles. The second kappa shape index (κ2) is 10.8. The van der Waals surface area contributed by atoms with Crippen molar-refractivity contribution in [2.75, 3.05) is 46.7 Å². The lowest BCUT2D eigenvalue weighted by Gasteiger charge is -2.31. The monoisotopic (exact) mass is 598 g/mol. The van der Waals surface area contributed by atoms with Crippen LogP contribution in [0.2, 0.25) is 0 Å². The molecule has 2 amide bonds. The number of hydrogen-bond donors (Lipinski definition) is 1. The Morgan fingerprint density at radius 2 is 1.90 bits per heavy atom. The number of nitrogens with zero attached hydrogens (tertiary/aromatic N) is 5. The molecule has 1 aromatic carbocycles. The third-order valence-electron chi connectivity index (χ3n) is 6.77. The van der Waals surface area contributed by atoms with Gasteiger partial charge >= 0.3 is 12.3 Å². The van der Waals surface area contributed by atoms with Crippen LogP contribution in [0.15, 0.2) is 40.9 Å². The molecule has 1 aromatic heterocycles. The van der Waals surface area contributed by atoms with E-state index >= 15 is 0 Å². The number of ether oxygens (including phenoxy) is 1. The largest absolute Gasteiger partial charge is 0.448 e. The molecule has 0 saturated carbocycles. The number of halogens is 3. The summed E-state index contributed by atoms with van der Waals surface area (Å²) < 4.78 is 61.6. The van der Waals surface area contributed by atoms with Gasteiger partial charge in [-0.3, -0.25) is 9.69 Å². The van der Waals surface area contributed by atoms with Gasteiger partial charge in [0.05, 0.1) is 39.1 Å².